The Morgan fingerprint density at radius 3 is 2.52 bits per heavy atom. The van der Waals surface area contributed by atoms with Gasteiger partial charge in [0, 0.05) is 16.6 Å². The molecule has 2 rings (SSSR count). The molecule has 7 heteroatoms. The van der Waals surface area contributed by atoms with Crippen LogP contribution in [-0.4, -0.2) is 26.4 Å². The molecule has 1 aromatic carbocycles. The van der Waals surface area contributed by atoms with Gasteiger partial charge in [-0.25, -0.2) is 13.1 Å². The van der Waals surface area contributed by atoms with Crippen molar-refractivity contribution in [1.29, 1.82) is 0 Å². The van der Waals surface area contributed by atoms with Crippen LogP contribution in [0.3, 0.4) is 0 Å². The van der Waals surface area contributed by atoms with Gasteiger partial charge in [-0.2, -0.15) is 0 Å². The summed E-state index contributed by atoms with van der Waals surface area (Å²) in [7, 11) is -3.57. The fourth-order valence-electron chi connectivity index (χ4n) is 2.54. The number of sulfonamides is 1. The SMILES string of the molecule is CC(C)CCCC(C)NC(=O)c1cc(S(=O)(=O)NC2CC2)ccc1Br. The zero-order chi connectivity index (χ0) is 18.6. The van der Waals surface area contributed by atoms with Gasteiger partial charge in [0.25, 0.3) is 5.91 Å². The number of benzene rings is 1. The van der Waals surface area contributed by atoms with Crippen molar-refractivity contribution in [2.75, 3.05) is 0 Å². The topological polar surface area (TPSA) is 75.3 Å². The van der Waals surface area contributed by atoms with Crippen LogP contribution >= 0.6 is 15.9 Å². The summed E-state index contributed by atoms with van der Waals surface area (Å²) in [5, 5.41) is 2.96. The van der Waals surface area contributed by atoms with Gasteiger partial charge >= 0.3 is 0 Å². The van der Waals surface area contributed by atoms with Gasteiger partial charge in [-0.15, -0.1) is 0 Å². The predicted octanol–water partition coefficient (Wildman–Crippen LogP) is 3.83. The number of carbonyl (C=O) groups excluding carboxylic acids is 1. The van der Waals surface area contributed by atoms with E-state index in [9.17, 15) is 13.2 Å². The van der Waals surface area contributed by atoms with Crippen molar-refractivity contribution in [3.63, 3.8) is 0 Å². The Morgan fingerprint density at radius 2 is 1.92 bits per heavy atom. The molecular weight excluding hydrogens is 404 g/mol. The van der Waals surface area contributed by atoms with Crippen molar-refractivity contribution in [3.8, 4) is 0 Å². The molecule has 0 aromatic heterocycles. The van der Waals surface area contributed by atoms with E-state index in [0.717, 1.165) is 32.1 Å². The third-order valence-corrected chi connectivity index (χ3v) is 6.40. The van der Waals surface area contributed by atoms with E-state index >= 15 is 0 Å². The number of rotatable bonds is 9. The number of halogens is 1. The van der Waals surface area contributed by atoms with Gasteiger partial charge in [0.05, 0.1) is 10.5 Å². The molecule has 0 radical (unpaired) electrons. The Hall–Kier alpha value is -0.920. The fraction of sp³-hybridized carbons (Fsp3) is 0.611. The lowest BCUT2D eigenvalue weighted by Crippen LogP contribution is -2.33. The number of nitrogens with one attached hydrogen (secondary N) is 2. The number of amides is 1. The first-order chi connectivity index (χ1) is 11.7. The maximum Gasteiger partial charge on any atom is 0.252 e. The van der Waals surface area contributed by atoms with Crippen molar-refractivity contribution in [1.82, 2.24) is 10.0 Å². The lowest BCUT2D eigenvalue weighted by Gasteiger charge is -2.16. The van der Waals surface area contributed by atoms with Crippen molar-refractivity contribution >= 4 is 31.9 Å². The monoisotopic (exact) mass is 430 g/mol. The Bertz CT molecular complexity index is 715. The largest absolute Gasteiger partial charge is 0.350 e. The van der Waals surface area contributed by atoms with Crippen LogP contribution in [-0.2, 0) is 10.0 Å². The van der Waals surface area contributed by atoms with Gasteiger partial charge < -0.3 is 5.32 Å². The Labute approximate surface area is 159 Å². The molecule has 1 saturated carbocycles. The predicted molar refractivity (Wildman–Crippen MR) is 103 cm³/mol. The zero-order valence-corrected chi connectivity index (χ0v) is 17.4. The molecule has 140 valence electrons. The second-order valence-electron chi connectivity index (χ2n) is 7.24. The van der Waals surface area contributed by atoms with E-state index in [0.29, 0.717) is 16.0 Å². The van der Waals surface area contributed by atoms with Crippen LogP contribution < -0.4 is 10.0 Å². The van der Waals surface area contributed by atoms with Crippen LogP contribution in [0.25, 0.3) is 0 Å². The highest BCUT2D eigenvalue weighted by atomic mass is 79.9. The van der Waals surface area contributed by atoms with Crippen LogP contribution in [0, 0.1) is 5.92 Å². The standard InChI is InChI=1S/C18H27BrN2O3S/c1-12(2)5-4-6-13(3)20-18(22)16-11-15(9-10-17(16)19)25(23,24)21-14-7-8-14/h9-14,21H,4-8H2,1-3H3,(H,20,22). The number of carbonyl (C=O) groups is 1. The smallest absolute Gasteiger partial charge is 0.252 e. The first-order valence-electron chi connectivity index (χ1n) is 8.82. The van der Waals surface area contributed by atoms with Crippen LogP contribution in [0.5, 0.6) is 0 Å². The summed E-state index contributed by atoms with van der Waals surface area (Å²) < 4.78 is 27.9. The molecule has 1 amide bonds. The summed E-state index contributed by atoms with van der Waals surface area (Å²) in [6.07, 6.45) is 4.83. The maximum absolute atomic E-state index is 12.5. The third-order valence-electron chi connectivity index (χ3n) is 4.19. The van der Waals surface area contributed by atoms with Crippen molar-refractivity contribution in [2.45, 2.75) is 69.9 Å². The molecule has 2 N–H and O–H groups in total. The highest BCUT2D eigenvalue weighted by molar-refractivity contribution is 9.10. The second kappa shape index (κ2) is 8.64. The molecule has 5 nitrogen and oxygen atoms in total. The van der Waals surface area contributed by atoms with Gasteiger partial charge in [-0.05, 0) is 66.2 Å². The molecule has 1 aliphatic rings. The molecule has 0 saturated heterocycles. The first-order valence-corrected chi connectivity index (χ1v) is 11.1. The summed E-state index contributed by atoms with van der Waals surface area (Å²) >= 11 is 3.35. The maximum atomic E-state index is 12.5. The molecule has 1 aromatic rings. The molecule has 1 fully saturated rings. The Kier molecular flexibility index (Phi) is 7.05. The lowest BCUT2D eigenvalue weighted by atomic mass is 10.0. The van der Waals surface area contributed by atoms with E-state index in [1.807, 2.05) is 6.92 Å². The van der Waals surface area contributed by atoms with Gasteiger partial charge in [0.1, 0.15) is 0 Å². The highest BCUT2D eigenvalue weighted by Crippen LogP contribution is 2.25. The zero-order valence-electron chi connectivity index (χ0n) is 15.0. The molecule has 0 heterocycles. The van der Waals surface area contributed by atoms with E-state index in [1.165, 1.54) is 12.1 Å². The molecule has 0 spiro atoms. The third kappa shape index (κ3) is 6.38. The first kappa shape index (κ1) is 20.4. The summed E-state index contributed by atoms with van der Waals surface area (Å²) in [5.74, 6) is 0.394. The average molecular weight is 431 g/mol. The van der Waals surface area contributed by atoms with E-state index in [4.69, 9.17) is 0 Å². The molecule has 0 aliphatic heterocycles. The number of hydrogen-bond donors (Lipinski definition) is 2. The van der Waals surface area contributed by atoms with Crippen molar-refractivity contribution in [3.05, 3.63) is 28.2 Å². The van der Waals surface area contributed by atoms with Crippen LogP contribution in [0.15, 0.2) is 27.6 Å². The van der Waals surface area contributed by atoms with Gasteiger partial charge in [0.15, 0.2) is 0 Å². The molecule has 1 aliphatic carbocycles. The average Bonchev–Trinajstić information content (AvgIpc) is 3.30. The molecular formula is C18H27BrN2O3S. The quantitative estimate of drug-likeness (QED) is 0.624. The summed E-state index contributed by atoms with van der Waals surface area (Å²) in [5.41, 5.74) is 0.342. The summed E-state index contributed by atoms with van der Waals surface area (Å²) in [4.78, 5) is 12.7. The van der Waals surface area contributed by atoms with E-state index in [2.05, 4.69) is 39.8 Å². The van der Waals surface area contributed by atoms with Gasteiger partial charge in [0.2, 0.25) is 10.0 Å². The van der Waals surface area contributed by atoms with Crippen LogP contribution in [0.1, 0.15) is 63.2 Å². The summed E-state index contributed by atoms with van der Waals surface area (Å²) in [6, 6.07) is 4.64. The van der Waals surface area contributed by atoms with Crippen molar-refractivity contribution in [2.24, 2.45) is 5.92 Å². The van der Waals surface area contributed by atoms with E-state index in [-0.39, 0.29) is 22.9 Å². The fourth-order valence-corrected chi connectivity index (χ4v) is 4.30. The minimum absolute atomic E-state index is 0.0342. The van der Waals surface area contributed by atoms with Gasteiger partial charge in [-0.1, -0.05) is 26.7 Å². The summed E-state index contributed by atoms with van der Waals surface area (Å²) in [6.45, 7) is 6.34. The highest BCUT2D eigenvalue weighted by Gasteiger charge is 2.28. The minimum Gasteiger partial charge on any atom is -0.350 e. The van der Waals surface area contributed by atoms with E-state index in [1.54, 1.807) is 6.07 Å². The van der Waals surface area contributed by atoms with Crippen molar-refractivity contribution < 1.29 is 13.2 Å². The van der Waals surface area contributed by atoms with Gasteiger partial charge in [-0.3, -0.25) is 4.79 Å². The molecule has 1 atom stereocenters. The lowest BCUT2D eigenvalue weighted by molar-refractivity contribution is 0.0936. The minimum atomic E-state index is -3.57. The normalized spacial score (nSPS) is 16.0. The number of hydrogen-bond acceptors (Lipinski definition) is 3. The Balaban J connectivity index is 2.04. The van der Waals surface area contributed by atoms with E-state index < -0.39 is 10.0 Å². The van der Waals surface area contributed by atoms with Crippen LogP contribution in [0.4, 0.5) is 0 Å². The molecule has 1 unspecified atom stereocenters. The second-order valence-corrected chi connectivity index (χ2v) is 9.80. The molecule has 25 heavy (non-hydrogen) atoms. The van der Waals surface area contributed by atoms with Crippen LogP contribution in [0.2, 0.25) is 0 Å². The molecule has 0 bridgehead atoms. The Morgan fingerprint density at radius 1 is 1.24 bits per heavy atom.